The van der Waals surface area contributed by atoms with Gasteiger partial charge < -0.3 is 14.9 Å². The van der Waals surface area contributed by atoms with Crippen LogP contribution in [-0.2, 0) is 4.79 Å². The summed E-state index contributed by atoms with van der Waals surface area (Å²) in [5, 5.41) is 8.80. The van der Waals surface area contributed by atoms with Crippen LogP contribution in [-0.4, -0.2) is 62.2 Å². The molecular weight excluding hydrogens is 192 g/mol. The van der Waals surface area contributed by atoms with Crippen LogP contribution >= 0.6 is 0 Å². The fourth-order valence-electron chi connectivity index (χ4n) is 1.53. The zero-order valence-electron chi connectivity index (χ0n) is 10.3. The van der Waals surface area contributed by atoms with E-state index in [9.17, 15) is 4.79 Å². The number of rotatable bonds is 6. The van der Waals surface area contributed by atoms with Crippen molar-refractivity contribution in [2.45, 2.75) is 6.92 Å². The van der Waals surface area contributed by atoms with Crippen LogP contribution in [0.15, 0.2) is 11.6 Å². The van der Waals surface area contributed by atoms with Crippen molar-refractivity contribution in [3.05, 3.63) is 11.6 Å². The molecule has 0 saturated carbocycles. The van der Waals surface area contributed by atoms with Gasteiger partial charge in [-0.1, -0.05) is 6.08 Å². The van der Waals surface area contributed by atoms with Gasteiger partial charge in [-0.2, -0.15) is 0 Å². The Morgan fingerprint density at radius 2 is 1.60 bits per heavy atom. The Labute approximate surface area is 92.2 Å². The van der Waals surface area contributed by atoms with E-state index in [4.69, 9.17) is 5.11 Å². The maximum atomic E-state index is 10.7. The molecule has 0 aliphatic rings. The summed E-state index contributed by atoms with van der Waals surface area (Å²) < 4.78 is 0. The van der Waals surface area contributed by atoms with E-state index in [1.807, 2.05) is 34.3 Å². The lowest BCUT2D eigenvalue weighted by atomic mass is 10.1. The molecule has 15 heavy (non-hydrogen) atoms. The number of hydrogen-bond donors (Lipinski definition) is 1. The smallest absolute Gasteiger partial charge is 0.330 e. The van der Waals surface area contributed by atoms with E-state index in [1.165, 1.54) is 0 Å². The summed E-state index contributed by atoms with van der Waals surface area (Å²) in [5.41, 5.74) is 0.420. The van der Waals surface area contributed by atoms with Crippen LogP contribution in [0, 0.1) is 5.92 Å². The predicted octanol–water partition coefficient (Wildman–Crippen LogP) is 0.757. The summed E-state index contributed by atoms with van der Waals surface area (Å²) in [6, 6.07) is 0. The molecule has 0 spiro atoms. The van der Waals surface area contributed by atoms with Crippen LogP contribution in [0.4, 0.5) is 0 Å². The van der Waals surface area contributed by atoms with Crippen molar-refractivity contribution in [2.24, 2.45) is 5.92 Å². The van der Waals surface area contributed by atoms with E-state index >= 15 is 0 Å². The molecule has 0 aliphatic heterocycles. The molecule has 0 unspecified atom stereocenters. The molecule has 1 N–H and O–H groups in total. The molecule has 0 aromatic carbocycles. The maximum absolute atomic E-state index is 10.7. The minimum Gasteiger partial charge on any atom is -0.478 e. The summed E-state index contributed by atoms with van der Waals surface area (Å²) in [4.78, 5) is 14.8. The Kier molecular flexibility index (Phi) is 6.20. The molecule has 4 heteroatoms. The van der Waals surface area contributed by atoms with Crippen molar-refractivity contribution < 1.29 is 9.90 Å². The summed E-state index contributed by atoms with van der Waals surface area (Å²) >= 11 is 0. The lowest BCUT2D eigenvalue weighted by Crippen LogP contribution is -2.29. The Bertz CT molecular complexity index is 225. The zero-order chi connectivity index (χ0) is 12.0. The molecule has 88 valence electrons. The SMILES string of the molecule is CC(=CC(CN(C)C)CN(C)C)C(=O)O. The Morgan fingerprint density at radius 3 is 1.87 bits per heavy atom. The minimum atomic E-state index is -0.836. The van der Waals surface area contributed by atoms with Crippen LogP contribution in [0.2, 0.25) is 0 Å². The Morgan fingerprint density at radius 1 is 1.20 bits per heavy atom. The van der Waals surface area contributed by atoms with Crippen molar-refractivity contribution in [3.63, 3.8) is 0 Å². The largest absolute Gasteiger partial charge is 0.478 e. The van der Waals surface area contributed by atoms with E-state index in [2.05, 4.69) is 9.80 Å². The molecule has 0 aromatic heterocycles. The highest BCUT2D eigenvalue weighted by Crippen LogP contribution is 2.06. The average molecular weight is 214 g/mol. The van der Waals surface area contributed by atoms with Gasteiger partial charge in [0.2, 0.25) is 0 Å². The first-order chi connectivity index (χ1) is 6.82. The van der Waals surface area contributed by atoms with E-state index in [0.717, 1.165) is 13.1 Å². The van der Waals surface area contributed by atoms with Crippen molar-refractivity contribution in [1.82, 2.24) is 9.80 Å². The summed E-state index contributed by atoms with van der Waals surface area (Å²) in [7, 11) is 7.97. The first-order valence-corrected chi connectivity index (χ1v) is 5.04. The van der Waals surface area contributed by atoms with Gasteiger partial charge in [-0.15, -0.1) is 0 Å². The van der Waals surface area contributed by atoms with Gasteiger partial charge in [0.1, 0.15) is 0 Å². The molecule has 0 saturated heterocycles. The first kappa shape index (κ1) is 14.1. The second-order valence-electron chi connectivity index (χ2n) is 4.44. The van der Waals surface area contributed by atoms with E-state index in [1.54, 1.807) is 6.92 Å². The normalized spacial score (nSPS) is 12.9. The molecule has 0 radical (unpaired) electrons. The third-order valence-electron chi connectivity index (χ3n) is 2.02. The molecule has 0 atom stereocenters. The maximum Gasteiger partial charge on any atom is 0.330 e. The lowest BCUT2D eigenvalue weighted by Gasteiger charge is -2.21. The number of carbonyl (C=O) groups is 1. The van der Waals surface area contributed by atoms with Gasteiger partial charge in [-0.05, 0) is 35.1 Å². The second kappa shape index (κ2) is 6.58. The Hall–Kier alpha value is -0.870. The standard InChI is InChI=1S/C11H22N2O2/c1-9(11(14)15)6-10(7-12(2)3)8-13(4)5/h6,10H,7-8H2,1-5H3,(H,14,15). The first-order valence-electron chi connectivity index (χ1n) is 5.04. The van der Waals surface area contributed by atoms with E-state index in [-0.39, 0.29) is 5.92 Å². The number of nitrogens with zero attached hydrogens (tertiary/aromatic N) is 2. The van der Waals surface area contributed by atoms with Crippen LogP contribution < -0.4 is 0 Å². The van der Waals surface area contributed by atoms with E-state index < -0.39 is 5.97 Å². The number of carboxylic acid groups (broad SMARTS) is 1. The predicted molar refractivity (Wildman–Crippen MR) is 62.0 cm³/mol. The monoisotopic (exact) mass is 214 g/mol. The third kappa shape index (κ3) is 7.11. The quantitative estimate of drug-likeness (QED) is 0.663. The second-order valence-corrected chi connectivity index (χ2v) is 4.44. The summed E-state index contributed by atoms with van der Waals surface area (Å²) in [6.07, 6.45) is 1.84. The van der Waals surface area contributed by atoms with Crippen LogP contribution in [0.5, 0.6) is 0 Å². The van der Waals surface area contributed by atoms with Gasteiger partial charge >= 0.3 is 5.97 Å². The van der Waals surface area contributed by atoms with E-state index in [0.29, 0.717) is 5.57 Å². The Balaban J connectivity index is 4.48. The van der Waals surface area contributed by atoms with Crippen LogP contribution in [0.25, 0.3) is 0 Å². The summed E-state index contributed by atoms with van der Waals surface area (Å²) in [5.74, 6) is -0.580. The molecular formula is C11H22N2O2. The highest BCUT2D eigenvalue weighted by molar-refractivity contribution is 5.85. The van der Waals surface area contributed by atoms with Crippen LogP contribution in [0.3, 0.4) is 0 Å². The van der Waals surface area contributed by atoms with Crippen molar-refractivity contribution >= 4 is 5.97 Å². The van der Waals surface area contributed by atoms with Crippen molar-refractivity contribution in [3.8, 4) is 0 Å². The molecule has 0 aliphatic carbocycles. The third-order valence-corrected chi connectivity index (χ3v) is 2.02. The lowest BCUT2D eigenvalue weighted by molar-refractivity contribution is -0.132. The highest BCUT2D eigenvalue weighted by atomic mass is 16.4. The highest BCUT2D eigenvalue weighted by Gasteiger charge is 2.11. The average Bonchev–Trinajstić information content (AvgIpc) is 2.00. The fraction of sp³-hybridized carbons (Fsp3) is 0.727. The molecule has 0 fully saturated rings. The van der Waals surface area contributed by atoms with Gasteiger partial charge in [0.25, 0.3) is 0 Å². The minimum absolute atomic E-state index is 0.256. The van der Waals surface area contributed by atoms with Crippen LogP contribution in [0.1, 0.15) is 6.92 Å². The zero-order valence-corrected chi connectivity index (χ0v) is 10.3. The molecule has 0 rings (SSSR count). The van der Waals surface area contributed by atoms with Gasteiger partial charge in [0, 0.05) is 24.6 Å². The topological polar surface area (TPSA) is 43.8 Å². The number of hydrogen-bond acceptors (Lipinski definition) is 3. The fourth-order valence-corrected chi connectivity index (χ4v) is 1.53. The van der Waals surface area contributed by atoms with Crippen molar-refractivity contribution in [2.75, 3.05) is 41.3 Å². The van der Waals surface area contributed by atoms with Gasteiger partial charge in [0.05, 0.1) is 0 Å². The van der Waals surface area contributed by atoms with Crippen molar-refractivity contribution in [1.29, 1.82) is 0 Å². The molecule has 0 aromatic rings. The molecule has 0 amide bonds. The summed E-state index contributed by atoms with van der Waals surface area (Å²) in [6.45, 7) is 3.37. The van der Waals surface area contributed by atoms with Gasteiger partial charge in [-0.25, -0.2) is 4.79 Å². The molecule has 0 bridgehead atoms. The van der Waals surface area contributed by atoms with Gasteiger partial charge in [0.15, 0.2) is 0 Å². The number of carboxylic acids is 1. The number of aliphatic carboxylic acids is 1. The van der Waals surface area contributed by atoms with Gasteiger partial charge in [-0.3, -0.25) is 0 Å². The molecule has 4 nitrogen and oxygen atoms in total. The molecule has 0 heterocycles.